The smallest absolute Gasteiger partial charge is 0.323 e. The Kier molecular flexibility index (Phi) is 11.5. The first kappa shape index (κ1) is 18.1. The lowest BCUT2D eigenvalue weighted by Gasteiger charge is -2.13. The summed E-state index contributed by atoms with van der Waals surface area (Å²) >= 11 is 0. The van der Waals surface area contributed by atoms with Gasteiger partial charge in [-0.3, -0.25) is 9.59 Å². The molecule has 0 rings (SSSR count). The molecular weight excluding hydrogens is 244 g/mol. The van der Waals surface area contributed by atoms with E-state index in [2.05, 4.69) is 5.32 Å². The number of hydrogen-bond donors (Lipinski definition) is 2. The predicted octanol–water partition coefficient (Wildman–Crippen LogP) is 1.40. The maximum absolute atomic E-state index is 11.6. The molecule has 0 aliphatic heterocycles. The van der Waals surface area contributed by atoms with Crippen molar-refractivity contribution in [3.05, 3.63) is 0 Å². The zero-order valence-corrected chi connectivity index (χ0v) is 12.2. The number of ketones is 1. The second-order valence-corrected chi connectivity index (χ2v) is 4.82. The summed E-state index contributed by atoms with van der Waals surface area (Å²) in [6.07, 6.45) is 6.74. The van der Waals surface area contributed by atoms with Crippen molar-refractivity contribution in [3.63, 3.8) is 0 Å². The number of nitrogens with two attached hydrogens (primary N) is 1. The van der Waals surface area contributed by atoms with Crippen LogP contribution in [0.3, 0.4) is 0 Å². The van der Waals surface area contributed by atoms with Crippen molar-refractivity contribution in [1.29, 1.82) is 0 Å². The minimum Gasteiger partial charge on any atom is -0.465 e. The van der Waals surface area contributed by atoms with E-state index in [9.17, 15) is 9.59 Å². The number of unbranched alkanes of at least 4 members (excludes halogenated alkanes) is 5. The summed E-state index contributed by atoms with van der Waals surface area (Å²) in [5.41, 5.74) is 5.41. The lowest BCUT2D eigenvalue weighted by atomic mass is 10.1. The Labute approximate surface area is 116 Å². The molecule has 0 fully saturated rings. The summed E-state index contributed by atoms with van der Waals surface area (Å²) in [6, 6.07) is -0.512. The predicted molar refractivity (Wildman–Crippen MR) is 75.9 cm³/mol. The number of ether oxygens (including phenoxy) is 1. The summed E-state index contributed by atoms with van der Waals surface area (Å²) in [7, 11) is 1.66. The molecule has 0 aliphatic rings. The van der Waals surface area contributed by atoms with Gasteiger partial charge in [-0.2, -0.15) is 0 Å². The number of carbonyl (C=O) groups excluding carboxylic acids is 2. The van der Waals surface area contributed by atoms with E-state index in [1.165, 1.54) is 19.8 Å². The summed E-state index contributed by atoms with van der Waals surface area (Å²) in [5, 5.41) is 2.80. The number of likely N-dealkylation sites (N-methyl/N-ethyl adjacent to an activating group) is 1. The molecule has 5 heteroatoms. The van der Waals surface area contributed by atoms with Gasteiger partial charge >= 0.3 is 5.97 Å². The molecule has 1 atom stereocenters. The summed E-state index contributed by atoms with van der Waals surface area (Å²) < 4.78 is 5.15. The summed E-state index contributed by atoms with van der Waals surface area (Å²) in [5.74, 6) is -0.350. The Morgan fingerprint density at radius 3 is 2.21 bits per heavy atom. The van der Waals surface area contributed by atoms with Crippen LogP contribution in [0.15, 0.2) is 0 Å². The van der Waals surface area contributed by atoms with Gasteiger partial charge < -0.3 is 15.8 Å². The Morgan fingerprint density at radius 2 is 1.68 bits per heavy atom. The van der Waals surface area contributed by atoms with Crippen LogP contribution in [-0.2, 0) is 14.3 Å². The maximum atomic E-state index is 11.6. The van der Waals surface area contributed by atoms with Crippen LogP contribution in [0.4, 0.5) is 0 Å². The number of hydrogen-bond acceptors (Lipinski definition) is 5. The van der Waals surface area contributed by atoms with E-state index < -0.39 is 6.04 Å². The molecule has 0 spiro atoms. The van der Waals surface area contributed by atoms with Crippen LogP contribution in [0.1, 0.15) is 51.9 Å². The van der Waals surface area contributed by atoms with Crippen LogP contribution in [-0.4, -0.2) is 38.0 Å². The van der Waals surface area contributed by atoms with E-state index in [1.807, 2.05) is 0 Å². The fourth-order valence-corrected chi connectivity index (χ4v) is 1.82. The fraction of sp³-hybridized carbons (Fsp3) is 0.857. The number of rotatable bonds is 12. The van der Waals surface area contributed by atoms with Crippen molar-refractivity contribution >= 4 is 11.8 Å². The molecule has 0 amide bonds. The average molecular weight is 272 g/mol. The minimum atomic E-state index is -0.512. The first-order chi connectivity index (χ1) is 9.11. The number of esters is 1. The third-order valence-corrected chi connectivity index (χ3v) is 2.97. The highest BCUT2D eigenvalue weighted by Crippen LogP contribution is 2.05. The van der Waals surface area contributed by atoms with Crippen LogP contribution in [0.25, 0.3) is 0 Å². The van der Waals surface area contributed by atoms with Crippen molar-refractivity contribution in [2.45, 2.75) is 57.9 Å². The van der Waals surface area contributed by atoms with E-state index >= 15 is 0 Å². The Bertz CT molecular complexity index is 257. The van der Waals surface area contributed by atoms with Crippen LogP contribution in [0, 0.1) is 0 Å². The van der Waals surface area contributed by atoms with E-state index in [4.69, 9.17) is 10.5 Å². The zero-order valence-electron chi connectivity index (χ0n) is 12.2. The second-order valence-electron chi connectivity index (χ2n) is 4.82. The van der Waals surface area contributed by atoms with E-state index in [1.54, 1.807) is 7.05 Å². The molecule has 0 radical (unpaired) electrons. The molecule has 0 aromatic carbocycles. The normalized spacial score (nSPS) is 12.2. The topological polar surface area (TPSA) is 81.4 Å². The Morgan fingerprint density at radius 1 is 1.11 bits per heavy atom. The number of carbonyl (C=O) groups is 2. The Balaban J connectivity index is 3.53. The average Bonchev–Trinajstić information content (AvgIpc) is 2.38. The van der Waals surface area contributed by atoms with Crippen molar-refractivity contribution in [3.8, 4) is 0 Å². The molecule has 0 bridgehead atoms. The number of nitrogens with one attached hydrogen (secondary N) is 1. The molecule has 0 heterocycles. The van der Waals surface area contributed by atoms with Gasteiger partial charge in [-0.25, -0.2) is 0 Å². The molecule has 0 saturated heterocycles. The van der Waals surface area contributed by atoms with Gasteiger partial charge in [0.15, 0.2) is 0 Å². The molecule has 0 unspecified atom stereocenters. The highest BCUT2D eigenvalue weighted by Gasteiger charge is 2.19. The largest absolute Gasteiger partial charge is 0.465 e. The standard InChI is InChI=1S/C14H28N2O3/c1-12(17)11-13(16-2)14(18)19-10-8-6-4-3-5-7-9-15/h13,16H,3-11,15H2,1-2H3/t13-/m0/s1. The molecule has 0 aliphatic carbocycles. The summed E-state index contributed by atoms with van der Waals surface area (Å²) in [4.78, 5) is 22.6. The van der Waals surface area contributed by atoms with E-state index in [0.29, 0.717) is 6.61 Å². The van der Waals surface area contributed by atoms with Gasteiger partial charge in [-0.15, -0.1) is 0 Å². The quantitative estimate of drug-likeness (QED) is 0.414. The molecule has 0 aromatic rings. The van der Waals surface area contributed by atoms with Gasteiger partial charge in [0.05, 0.1) is 6.61 Å². The van der Waals surface area contributed by atoms with Crippen molar-refractivity contribution in [1.82, 2.24) is 5.32 Å². The number of Topliss-reactive ketones (excluding diaryl/α,β-unsaturated/α-hetero) is 1. The molecule has 19 heavy (non-hydrogen) atoms. The van der Waals surface area contributed by atoms with Crippen LogP contribution < -0.4 is 11.1 Å². The molecule has 3 N–H and O–H groups in total. The molecule has 0 saturated carbocycles. The lowest BCUT2D eigenvalue weighted by Crippen LogP contribution is -2.37. The molecule has 0 aromatic heterocycles. The highest BCUT2D eigenvalue weighted by molar-refractivity contribution is 5.85. The molecular formula is C14H28N2O3. The fourth-order valence-electron chi connectivity index (χ4n) is 1.82. The van der Waals surface area contributed by atoms with Gasteiger partial charge in [-0.1, -0.05) is 25.7 Å². The maximum Gasteiger partial charge on any atom is 0.323 e. The summed E-state index contributed by atoms with van der Waals surface area (Å²) in [6.45, 7) is 2.67. The van der Waals surface area contributed by atoms with Gasteiger partial charge in [-0.05, 0) is 33.4 Å². The minimum absolute atomic E-state index is 0.0174. The van der Waals surface area contributed by atoms with Crippen LogP contribution in [0.2, 0.25) is 0 Å². The second kappa shape index (κ2) is 12.1. The van der Waals surface area contributed by atoms with Gasteiger partial charge in [0, 0.05) is 6.42 Å². The first-order valence-electron chi connectivity index (χ1n) is 7.15. The third kappa shape index (κ3) is 10.7. The van der Waals surface area contributed by atoms with Crippen molar-refractivity contribution < 1.29 is 14.3 Å². The monoisotopic (exact) mass is 272 g/mol. The van der Waals surface area contributed by atoms with E-state index in [0.717, 1.165) is 32.2 Å². The lowest BCUT2D eigenvalue weighted by molar-refractivity contribution is -0.147. The van der Waals surface area contributed by atoms with Gasteiger partial charge in [0.1, 0.15) is 11.8 Å². The zero-order chi connectivity index (χ0) is 14.5. The highest BCUT2D eigenvalue weighted by atomic mass is 16.5. The Hall–Kier alpha value is -0.940. The van der Waals surface area contributed by atoms with Crippen molar-refractivity contribution in [2.24, 2.45) is 5.73 Å². The molecule has 112 valence electrons. The van der Waals surface area contributed by atoms with Crippen LogP contribution >= 0.6 is 0 Å². The van der Waals surface area contributed by atoms with Crippen LogP contribution in [0.5, 0.6) is 0 Å². The molecule has 5 nitrogen and oxygen atoms in total. The van der Waals surface area contributed by atoms with Gasteiger partial charge in [0.2, 0.25) is 0 Å². The SMILES string of the molecule is CN[C@@H](CC(C)=O)C(=O)OCCCCCCCCN. The first-order valence-corrected chi connectivity index (χ1v) is 7.15. The third-order valence-electron chi connectivity index (χ3n) is 2.97. The van der Waals surface area contributed by atoms with Crippen molar-refractivity contribution in [2.75, 3.05) is 20.2 Å². The van der Waals surface area contributed by atoms with Gasteiger partial charge in [0.25, 0.3) is 0 Å². The van der Waals surface area contributed by atoms with E-state index in [-0.39, 0.29) is 18.2 Å².